The lowest BCUT2D eigenvalue weighted by molar-refractivity contribution is 0.814. The van der Waals surface area contributed by atoms with E-state index in [1.165, 1.54) is 0 Å². The predicted molar refractivity (Wildman–Crippen MR) is 75.2 cm³/mol. The summed E-state index contributed by atoms with van der Waals surface area (Å²) in [6.45, 7) is 0.673. The van der Waals surface area contributed by atoms with E-state index >= 15 is 0 Å². The summed E-state index contributed by atoms with van der Waals surface area (Å²) in [7, 11) is 0. The van der Waals surface area contributed by atoms with E-state index in [0.29, 0.717) is 12.5 Å². The van der Waals surface area contributed by atoms with Crippen molar-refractivity contribution in [2.24, 2.45) is 0 Å². The van der Waals surface area contributed by atoms with Gasteiger partial charge >= 0.3 is 0 Å². The molecule has 0 saturated heterocycles. The van der Waals surface area contributed by atoms with Crippen molar-refractivity contribution in [3.8, 4) is 0 Å². The highest BCUT2D eigenvalue weighted by atomic mass is 79.9. The molecule has 2 heterocycles. The van der Waals surface area contributed by atoms with Gasteiger partial charge in [-0.2, -0.15) is 0 Å². The minimum absolute atomic E-state index is 0.516. The number of benzene rings is 1. The number of aromatic nitrogens is 3. The molecule has 1 aromatic carbocycles. The number of imidazole rings is 1. The first kappa shape index (κ1) is 11.2. The molecule has 90 valence electrons. The summed E-state index contributed by atoms with van der Waals surface area (Å²) < 4.78 is 2.95. The summed E-state index contributed by atoms with van der Waals surface area (Å²) in [5.74, 6) is 0.516. The van der Waals surface area contributed by atoms with Crippen molar-refractivity contribution in [2.75, 3.05) is 5.73 Å². The fourth-order valence-electron chi connectivity index (χ4n) is 1.98. The van der Waals surface area contributed by atoms with Crippen LogP contribution in [0.2, 0.25) is 0 Å². The zero-order valence-electron chi connectivity index (χ0n) is 9.55. The molecule has 0 unspecified atom stereocenters. The van der Waals surface area contributed by atoms with Crippen LogP contribution in [-0.2, 0) is 6.54 Å². The number of pyridine rings is 1. The number of hydrogen-bond acceptors (Lipinski definition) is 3. The number of anilines is 1. The average molecular weight is 303 g/mol. The molecule has 2 aromatic heterocycles. The van der Waals surface area contributed by atoms with E-state index < -0.39 is 0 Å². The highest BCUT2D eigenvalue weighted by Gasteiger charge is 2.07. The van der Waals surface area contributed by atoms with Crippen molar-refractivity contribution in [1.82, 2.24) is 14.5 Å². The Labute approximate surface area is 113 Å². The lowest BCUT2D eigenvalue weighted by Gasteiger charge is -2.09. The maximum absolute atomic E-state index is 5.78. The summed E-state index contributed by atoms with van der Waals surface area (Å²) in [5.41, 5.74) is 7.89. The average Bonchev–Trinajstić information content (AvgIpc) is 2.79. The molecule has 0 saturated carbocycles. The van der Waals surface area contributed by atoms with E-state index in [1.54, 1.807) is 12.4 Å². The van der Waals surface area contributed by atoms with Crippen LogP contribution < -0.4 is 5.73 Å². The van der Waals surface area contributed by atoms with Crippen molar-refractivity contribution >= 4 is 32.8 Å². The van der Waals surface area contributed by atoms with Crippen LogP contribution in [0.4, 0.5) is 5.95 Å². The maximum Gasteiger partial charge on any atom is 0.200 e. The molecule has 0 bridgehead atoms. The Kier molecular flexibility index (Phi) is 2.76. The maximum atomic E-state index is 5.78. The van der Waals surface area contributed by atoms with Crippen LogP contribution in [0.3, 0.4) is 0 Å². The number of nitrogen functional groups attached to an aromatic ring is 1. The van der Waals surface area contributed by atoms with Crippen molar-refractivity contribution in [3.05, 3.63) is 52.9 Å². The molecule has 0 radical (unpaired) electrons. The lowest BCUT2D eigenvalue weighted by atomic mass is 10.1. The first-order valence-corrected chi connectivity index (χ1v) is 6.34. The van der Waals surface area contributed by atoms with Gasteiger partial charge in [0.1, 0.15) is 0 Å². The van der Waals surface area contributed by atoms with Crippen LogP contribution in [0.15, 0.2) is 47.3 Å². The Morgan fingerprint density at radius 2 is 2.06 bits per heavy atom. The largest absolute Gasteiger partial charge is 0.369 e. The van der Waals surface area contributed by atoms with Gasteiger partial charge in [0.25, 0.3) is 0 Å². The van der Waals surface area contributed by atoms with Crippen molar-refractivity contribution < 1.29 is 0 Å². The number of rotatable bonds is 2. The van der Waals surface area contributed by atoms with Gasteiger partial charge in [0.05, 0.1) is 12.1 Å². The summed E-state index contributed by atoms with van der Waals surface area (Å²) >= 11 is 3.54. The van der Waals surface area contributed by atoms with E-state index in [-0.39, 0.29) is 0 Å². The zero-order chi connectivity index (χ0) is 12.5. The van der Waals surface area contributed by atoms with E-state index in [9.17, 15) is 0 Å². The molecule has 0 atom stereocenters. The van der Waals surface area contributed by atoms with Crippen LogP contribution in [0.5, 0.6) is 0 Å². The second-order valence-corrected chi connectivity index (χ2v) is 4.87. The number of fused-ring (bicyclic) bond motifs is 1. The van der Waals surface area contributed by atoms with Crippen LogP contribution in [-0.4, -0.2) is 14.5 Å². The summed E-state index contributed by atoms with van der Waals surface area (Å²) in [5, 5.41) is 1.11. The van der Waals surface area contributed by atoms with Gasteiger partial charge in [-0.05, 0) is 17.7 Å². The number of halogens is 1. The highest BCUT2D eigenvalue weighted by molar-refractivity contribution is 9.10. The lowest BCUT2D eigenvalue weighted by Crippen LogP contribution is -2.04. The molecule has 4 nitrogen and oxygen atoms in total. The molecule has 3 aromatic rings. The van der Waals surface area contributed by atoms with Gasteiger partial charge in [-0.15, -0.1) is 0 Å². The minimum Gasteiger partial charge on any atom is -0.369 e. The van der Waals surface area contributed by atoms with E-state index in [0.717, 1.165) is 20.9 Å². The van der Waals surface area contributed by atoms with Gasteiger partial charge in [0, 0.05) is 28.4 Å². The fraction of sp³-hybridized carbons (Fsp3) is 0.0769. The number of nitrogens with two attached hydrogens (primary N) is 1. The third-order valence-corrected chi connectivity index (χ3v) is 3.58. The first-order chi connectivity index (χ1) is 8.75. The Hall–Kier alpha value is -1.88. The summed E-state index contributed by atoms with van der Waals surface area (Å²) in [6, 6.07) is 8.07. The minimum atomic E-state index is 0.516. The molecule has 0 spiro atoms. The monoisotopic (exact) mass is 302 g/mol. The van der Waals surface area contributed by atoms with Gasteiger partial charge in [-0.25, -0.2) is 4.98 Å². The SMILES string of the molecule is Nc1nccn1Cc1ccc(Br)c2cccnc12. The van der Waals surface area contributed by atoms with Crippen molar-refractivity contribution in [1.29, 1.82) is 0 Å². The molecule has 0 aliphatic carbocycles. The predicted octanol–water partition coefficient (Wildman–Crippen LogP) is 2.82. The summed E-state index contributed by atoms with van der Waals surface area (Å²) in [6.07, 6.45) is 5.37. The molecule has 0 aliphatic rings. The first-order valence-electron chi connectivity index (χ1n) is 5.54. The Morgan fingerprint density at radius 1 is 1.17 bits per heavy atom. The van der Waals surface area contributed by atoms with Crippen LogP contribution in [0.25, 0.3) is 10.9 Å². The molecular weight excluding hydrogens is 292 g/mol. The Balaban J connectivity index is 2.13. The van der Waals surface area contributed by atoms with E-state index in [1.807, 2.05) is 29.0 Å². The molecule has 18 heavy (non-hydrogen) atoms. The standard InChI is InChI=1S/C13H11BrN4/c14-11-4-3-9(8-18-7-6-17-13(18)15)12-10(11)2-1-5-16-12/h1-7H,8H2,(H2,15,17). The van der Waals surface area contributed by atoms with Gasteiger partial charge in [-0.3, -0.25) is 4.98 Å². The van der Waals surface area contributed by atoms with E-state index in [2.05, 4.69) is 32.0 Å². The second-order valence-electron chi connectivity index (χ2n) is 4.02. The molecule has 5 heteroatoms. The third kappa shape index (κ3) is 1.86. The molecule has 2 N–H and O–H groups in total. The smallest absolute Gasteiger partial charge is 0.200 e. The molecule has 0 amide bonds. The molecule has 3 rings (SSSR count). The second kappa shape index (κ2) is 4.42. The van der Waals surface area contributed by atoms with Gasteiger partial charge < -0.3 is 10.3 Å². The number of nitrogens with zero attached hydrogens (tertiary/aromatic N) is 3. The molecular formula is C13H11BrN4. The normalized spacial score (nSPS) is 10.9. The highest BCUT2D eigenvalue weighted by Crippen LogP contribution is 2.25. The van der Waals surface area contributed by atoms with Crippen LogP contribution in [0.1, 0.15) is 5.56 Å². The van der Waals surface area contributed by atoms with Crippen LogP contribution in [0, 0.1) is 0 Å². The van der Waals surface area contributed by atoms with Gasteiger partial charge in [0.15, 0.2) is 5.95 Å². The number of hydrogen-bond donors (Lipinski definition) is 1. The van der Waals surface area contributed by atoms with Crippen molar-refractivity contribution in [2.45, 2.75) is 6.54 Å². The Bertz CT molecular complexity index is 705. The van der Waals surface area contributed by atoms with Crippen molar-refractivity contribution in [3.63, 3.8) is 0 Å². The topological polar surface area (TPSA) is 56.7 Å². The quantitative estimate of drug-likeness (QED) is 0.792. The van der Waals surface area contributed by atoms with Gasteiger partial charge in [0.2, 0.25) is 0 Å². The molecule has 0 aliphatic heterocycles. The Morgan fingerprint density at radius 3 is 2.83 bits per heavy atom. The van der Waals surface area contributed by atoms with Gasteiger partial charge in [-0.1, -0.05) is 28.1 Å². The van der Waals surface area contributed by atoms with E-state index in [4.69, 9.17) is 5.73 Å². The fourth-order valence-corrected chi connectivity index (χ4v) is 2.43. The van der Waals surface area contributed by atoms with Crippen LogP contribution >= 0.6 is 15.9 Å². The third-order valence-electron chi connectivity index (χ3n) is 2.89. The zero-order valence-corrected chi connectivity index (χ0v) is 11.1. The summed E-state index contributed by atoms with van der Waals surface area (Å²) in [4.78, 5) is 8.47. The molecule has 0 fully saturated rings.